The highest BCUT2D eigenvalue weighted by Gasteiger charge is 2.66. The number of alkyl halides is 3. The average molecular weight is 545 g/mol. The summed E-state index contributed by atoms with van der Waals surface area (Å²) < 4.78 is 45.8. The predicted octanol–water partition coefficient (Wildman–Crippen LogP) is 2.71. The first-order valence-electron chi connectivity index (χ1n) is 11.7. The maximum absolute atomic E-state index is 14.5. The van der Waals surface area contributed by atoms with Gasteiger partial charge in [-0.25, -0.2) is 9.50 Å². The molecular formula is C24H20ClF3N8O2. The molecule has 2 aliphatic rings. The van der Waals surface area contributed by atoms with Crippen LogP contribution in [0.4, 0.5) is 24.9 Å². The molecule has 1 amide bonds. The topological polar surface area (TPSA) is 123 Å². The van der Waals surface area contributed by atoms with Crippen molar-refractivity contribution < 1.29 is 18.0 Å². The van der Waals surface area contributed by atoms with E-state index in [1.165, 1.54) is 28.6 Å². The molecule has 0 aliphatic carbocycles. The second kappa shape index (κ2) is 8.18. The Labute approximate surface area is 217 Å². The van der Waals surface area contributed by atoms with E-state index in [2.05, 4.69) is 20.4 Å². The number of hydrogen-bond acceptors (Lipinski definition) is 7. The molecule has 6 rings (SSSR count). The highest BCUT2D eigenvalue weighted by atomic mass is 35.5. The minimum absolute atomic E-state index is 0.0142. The summed E-state index contributed by atoms with van der Waals surface area (Å²) in [6.07, 6.45) is -2.92. The van der Waals surface area contributed by atoms with Crippen LogP contribution in [0.5, 0.6) is 0 Å². The molecule has 0 radical (unpaired) electrons. The summed E-state index contributed by atoms with van der Waals surface area (Å²) in [4.78, 5) is 36.3. The molecule has 4 aromatic rings. The summed E-state index contributed by atoms with van der Waals surface area (Å²) in [5.41, 5.74) is 4.02. The van der Waals surface area contributed by atoms with Crippen molar-refractivity contribution >= 4 is 34.8 Å². The summed E-state index contributed by atoms with van der Waals surface area (Å²) in [6, 6.07) is 9.65. The molecule has 0 bridgehead atoms. The number of fused-ring (bicyclic) bond motifs is 2. The van der Waals surface area contributed by atoms with E-state index in [1.807, 2.05) is 0 Å². The van der Waals surface area contributed by atoms with Crippen LogP contribution in [0.15, 0.2) is 47.4 Å². The fourth-order valence-corrected chi connectivity index (χ4v) is 5.53. The van der Waals surface area contributed by atoms with E-state index in [9.17, 15) is 22.8 Å². The highest BCUT2D eigenvalue weighted by molar-refractivity contribution is 6.33. The number of nitrogens with one attached hydrogen (secondary N) is 1. The molecule has 38 heavy (non-hydrogen) atoms. The van der Waals surface area contributed by atoms with Gasteiger partial charge in [-0.05, 0) is 25.1 Å². The van der Waals surface area contributed by atoms with Gasteiger partial charge < -0.3 is 16.0 Å². The van der Waals surface area contributed by atoms with E-state index in [4.69, 9.17) is 17.3 Å². The van der Waals surface area contributed by atoms with Crippen molar-refractivity contribution in [1.82, 2.24) is 29.5 Å². The number of aromatic nitrogens is 5. The van der Waals surface area contributed by atoms with Gasteiger partial charge in [-0.15, -0.1) is 0 Å². The van der Waals surface area contributed by atoms with Gasteiger partial charge in [-0.3, -0.25) is 14.2 Å². The van der Waals surface area contributed by atoms with Crippen molar-refractivity contribution in [2.24, 2.45) is 5.92 Å². The molecule has 1 saturated heterocycles. The number of benzene rings is 1. The van der Waals surface area contributed by atoms with Gasteiger partial charge in [0, 0.05) is 25.7 Å². The minimum atomic E-state index is -4.67. The Morgan fingerprint density at radius 2 is 1.89 bits per heavy atom. The Hall–Kier alpha value is -4.13. The van der Waals surface area contributed by atoms with Crippen molar-refractivity contribution in [2.45, 2.75) is 25.1 Å². The van der Waals surface area contributed by atoms with E-state index in [-0.39, 0.29) is 33.7 Å². The van der Waals surface area contributed by atoms with Crippen LogP contribution in [-0.2, 0) is 12.0 Å². The normalized spacial score (nSPS) is 21.2. The summed E-state index contributed by atoms with van der Waals surface area (Å²) >= 11 is 6.25. The Morgan fingerprint density at radius 1 is 1.16 bits per heavy atom. The number of nitrogen functional groups attached to an aromatic ring is 1. The number of anilines is 2. The van der Waals surface area contributed by atoms with Crippen molar-refractivity contribution in [3.05, 3.63) is 75.1 Å². The molecule has 5 heterocycles. The SMILES string of the molecule is CC1(c2nn3ccc(Cl)c3c(=O)n2-c2ccccc2)[C@@H](C(F)(F)F)CN1c1nc(N)nc2c1C(=O)NCC2. The molecule has 0 spiro atoms. The zero-order valence-electron chi connectivity index (χ0n) is 19.8. The molecule has 3 aromatic heterocycles. The third-order valence-corrected chi connectivity index (χ3v) is 7.52. The van der Waals surface area contributed by atoms with E-state index in [0.29, 0.717) is 24.3 Å². The fourth-order valence-electron chi connectivity index (χ4n) is 5.31. The largest absolute Gasteiger partial charge is 0.396 e. The van der Waals surface area contributed by atoms with E-state index in [0.717, 1.165) is 4.57 Å². The van der Waals surface area contributed by atoms with E-state index >= 15 is 0 Å². The zero-order chi connectivity index (χ0) is 27.0. The lowest BCUT2D eigenvalue weighted by atomic mass is 9.73. The van der Waals surface area contributed by atoms with Crippen molar-refractivity contribution in [2.75, 3.05) is 23.7 Å². The molecule has 196 valence electrons. The standard InChI is InChI=1S/C24H20ClF3N8O2/c1-23(21-33-35-10-8-13(25)17(35)20(38)36(21)12-5-3-2-4-6-12)15(24(26,27)28)11-34(23)18-16-14(31-22(29)32-18)7-9-30-19(16)37/h2-6,8,10,15H,7,9,11H2,1H3,(H,30,37)(H2,29,31,32)/t15-,23?/m0/s1. The Morgan fingerprint density at radius 3 is 2.61 bits per heavy atom. The van der Waals surface area contributed by atoms with Gasteiger partial charge in [-0.1, -0.05) is 29.8 Å². The van der Waals surface area contributed by atoms with Crippen LogP contribution in [0.1, 0.15) is 28.8 Å². The number of halogens is 4. The molecule has 10 nitrogen and oxygen atoms in total. The average Bonchev–Trinajstić information content (AvgIpc) is 3.23. The molecule has 1 aromatic carbocycles. The summed E-state index contributed by atoms with van der Waals surface area (Å²) in [5.74, 6) is -2.90. The van der Waals surface area contributed by atoms with Gasteiger partial charge in [0.2, 0.25) is 5.95 Å². The molecule has 2 atom stereocenters. The first-order valence-corrected chi connectivity index (χ1v) is 12.0. The number of carbonyl (C=O) groups excluding carboxylic acids is 1. The molecule has 14 heteroatoms. The quantitative estimate of drug-likeness (QED) is 0.406. The molecule has 1 unspecified atom stereocenters. The summed E-state index contributed by atoms with van der Waals surface area (Å²) in [7, 11) is 0. The van der Waals surface area contributed by atoms with Crippen LogP contribution in [0.2, 0.25) is 5.02 Å². The smallest absolute Gasteiger partial charge is 0.368 e. The lowest BCUT2D eigenvalue weighted by molar-refractivity contribution is -0.210. The van der Waals surface area contributed by atoms with Crippen molar-refractivity contribution in [3.63, 3.8) is 0 Å². The molecule has 1 fully saturated rings. The van der Waals surface area contributed by atoms with Gasteiger partial charge in [0.05, 0.1) is 16.4 Å². The number of nitrogens with two attached hydrogens (primary N) is 1. The third kappa shape index (κ3) is 3.37. The first-order chi connectivity index (χ1) is 18.0. The van der Waals surface area contributed by atoms with Gasteiger partial charge in [-0.2, -0.15) is 23.3 Å². The summed E-state index contributed by atoms with van der Waals surface area (Å²) in [6.45, 7) is 1.11. The van der Waals surface area contributed by atoms with Crippen molar-refractivity contribution in [1.29, 1.82) is 0 Å². The first kappa shape index (κ1) is 24.2. The Kier molecular flexibility index (Phi) is 5.22. The third-order valence-electron chi connectivity index (χ3n) is 7.22. The van der Waals surface area contributed by atoms with Crippen molar-refractivity contribution in [3.8, 4) is 5.69 Å². The minimum Gasteiger partial charge on any atom is -0.368 e. The molecular weight excluding hydrogens is 525 g/mol. The van der Waals surface area contributed by atoms with Gasteiger partial charge in [0.1, 0.15) is 28.4 Å². The maximum atomic E-state index is 14.5. The van der Waals surface area contributed by atoms with Crippen LogP contribution in [0.25, 0.3) is 11.2 Å². The number of hydrogen-bond donors (Lipinski definition) is 2. The van der Waals surface area contributed by atoms with E-state index < -0.39 is 35.6 Å². The second-order valence-corrected chi connectivity index (χ2v) is 9.75. The number of rotatable bonds is 3. The number of nitrogens with zero attached hydrogens (tertiary/aromatic N) is 6. The monoisotopic (exact) mass is 544 g/mol. The van der Waals surface area contributed by atoms with Crippen LogP contribution >= 0.6 is 11.6 Å². The summed E-state index contributed by atoms with van der Waals surface area (Å²) in [5, 5.41) is 7.29. The molecule has 0 saturated carbocycles. The lowest BCUT2D eigenvalue weighted by Gasteiger charge is -2.57. The highest BCUT2D eigenvalue weighted by Crippen LogP contribution is 2.54. The van der Waals surface area contributed by atoms with E-state index in [1.54, 1.807) is 30.3 Å². The zero-order valence-corrected chi connectivity index (χ0v) is 20.6. The maximum Gasteiger partial charge on any atom is 0.396 e. The lowest BCUT2D eigenvalue weighted by Crippen LogP contribution is -2.70. The van der Waals surface area contributed by atoms with Gasteiger partial charge in [0.15, 0.2) is 5.82 Å². The van der Waals surface area contributed by atoms with Crippen LogP contribution in [0.3, 0.4) is 0 Å². The van der Waals surface area contributed by atoms with Gasteiger partial charge in [0.25, 0.3) is 11.5 Å². The Bertz CT molecular complexity index is 1670. The van der Waals surface area contributed by atoms with Crippen LogP contribution < -0.4 is 21.5 Å². The number of para-hydroxylation sites is 1. The predicted molar refractivity (Wildman–Crippen MR) is 133 cm³/mol. The second-order valence-electron chi connectivity index (χ2n) is 9.34. The Balaban J connectivity index is 1.67. The number of amides is 1. The fraction of sp³-hybridized carbons (Fsp3) is 0.292. The molecule has 3 N–H and O–H groups in total. The molecule has 2 aliphatic heterocycles. The van der Waals surface area contributed by atoms with Gasteiger partial charge >= 0.3 is 6.18 Å². The number of carbonyl (C=O) groups is 1. The van der Waals surface area contributed by atoms with Crippen LogP contribution in [0, 0.1) is 5.92 Å². The van der Waals surface area contributed by atoms with Crippen LogP contribution in [-0.4, -0.2) is 49.3 Å².